The van der Waals surface area contributed by atoms with Crippen LogP contribution in [-0.4, -0.2) is 25.1 Å². The Morgan fingerprint density at radius 1 is 1.17 bits per heavy atom. The van der Waals surface area contributed by atoms with E-state index >= 15 is 0 Å². The standard InChI is InChI=1S/C22H21FN2O3S/c1-27-17-6-3-15(4-7-17)22(9-10-22)20(26)25-21-24-13-18(29-21)12-14-11-16(23)5-8-19(14)28-2/h3-8,11,13H,9-10,12H2,1-2H3,(H,24,25,26). The number of anilines is 1. The average molecular weight is 412 g/mol. The molecule has 1 aromatic heterocycles. The van der Waals surface area contributed by atoms with Gasteiger partial charge in [0.2, 0.25) is 5.91 Å². The lowest BCUT2D eigenvalue weighted by Gasteiger charge is -2.15. The maximum Gasteiger partial charge on any atom is 0.236 e. The molecule has 150 valence electrons. The minimum atomic E-state index is -0.496. The van der Waals surface area contributed by atoms with Gasteiger partial charge in [0.1, 0.15) is 17.3 Å². The fraction of sp³-hybridized carbons (Fsp3) is 0.273. The van der Waals surface area contributed by atoms with Gasteiger partial charge in [-0.2, -0.15) is 0 Å². The monoisotopic (exact) mass is 412 g/mol. The first kappa shape index (κ1) is 19.4. The number of amides is 1. The van der Waals surface area contributed by atoms with Gasteiger partial charge in [0.15, 0.2) is 5.13 Å². The van der Waals surface area contributed by atoms with Crippen molar-refractivity contribution in [1.29, 1.82) is 0 Å². The van der Waals surface area contributed by atoms with Gasteiger partial charge >= 0.3 is 0 Å². The molecule has 1 heterocycles. The Labute approximate surface area is 172 Å². The van der Waals surface area contributed by atoms with Crippen LogP contribution in [0.4, 0.5) is 9.52 Å². The fourth-order valence-corrected chi connectivity index (χ4v) is 4.25. The van der Waals surface area contributed by atoms with Gasteiger partial charge in [0.25, 0.3) is 0 Å². The lowest BCUT2D eigenvalue weighted by atomic mass is 9.95. The number of benzene rings is 2. The van der Waals surface area contributed by atoms with Gasteiger partial charge in [-0.3, -0.25) is 4.79 Å². The number of ether oxygens (including phenoxy) is 2. The summed E-state index contributed by atoms with van der Waals surface area (Å²) in [5, 5.41) is 3.49. The molecule has 0 radical (unpaired) electrons. The van der Waals surface area contributed by atoms with Crippen molar-refractivity contribution in [3.05, 3.63) is 70.5 Å². The number of rotatable bonds is 7. The molecule has 1 aliphatic carbocycles. The third-order valence-corrected chi connectivity index (χ3v) is 6.12. The molecule has 1 aliphatic rings. The second-order valence-electron chi connectivity index (χ2n) is 7.03. The highest BCUT2D eigenvalue weighted by Gasteiger charge is 2.51. The molecule has 0 spiro atoms. The lowest BCUT2D eigenvalue weighted by molar-refractivity contribution is -0.118. The summed E-state index contributed by atoms with van der Waals surface area (Å²) < 4.78 is 24.1. The number of nitrogens with zero attached hydrogens (tertiary/aromatic N) is 1. The van der Waals surface area contributed by atoms with Crippen LogP contribution in [0.2, 0.25) is 0 Å². The third-order valence-electron chi connectivity index (χ3n) is 5.21. The van der Waals surface area contributed by atoms with Crippen LogP contribution in [-0.2, 0) is 16.6 Å². The van der Waals surface area contributed by atoms with Crippen LogP contribution in [0.3, 0.4) is 0 Å². The van der Waals surface area contributed by atoms with Gasteiger partial charge in [-0.15, -0.1) is 11.3 Å². The third kappa shape index (κ3) is 3.96. The molecule has 1 saturated carbocycles. The van der Waals surface area contributed by atoms with Crippen LogP contribution in [0, 0.1) is 5.82 Å². The molecule has 1 amide bonds. The van der Waals surface area contributed by atoms with E-state index in [1.54, 1.807) is 26.5 Å². The Morgan fingerprint density at radius 3 is 2.59 bits per heavy atom. The summed E-state index contributed by atoms with van der Waals surface area (Å²) >= 11 is 1.39. The maximum atomic E-state index is 13.6. The van der Waals surface area contributed by atoms with Gasteiger partial charge < -0.3 is 14.8 Å². The summed E-state index contributed by atoms with van der Waals surface area (Å²) in [7, 11) is 3.18. The molecule has 0 bridgehead atoms. The van der Waals surface area contributed by atoms with Crippen LogP contribution < -0.4 is 14.8 Å². The van der Waals surface area contributed by atoms with E-state index in [1.165, 1.54) is 23.5 Å². The Morgan fingerprint density at radius 2 is 1.93 bits per heavy atom. The number of aromatic nitrogens is 1. The predicted molar refractivity (Wildman–Crippen MR) is 110 cm³/mol. The highest BCUT2D eigenvalue weighted by molar-refractivity contribution is 7.15. The molecule has 2 aromatic carbocycles. The fourth-order valence-electron chi connectivity index (χ4n) is 3.42. The number of carbonyl (C=O) groups excluding carboxylic acids is 1. The minimum absolute atomic E-state index is 0.0492. The quantitative estimate of drug-likeness (QED) is 0.618. The minimum Gasteiger partial charge on any atom is -0.497 e. The second-order valence-corrected chi connectivity index (χ2v) is 8.14. The summed E-state index contributed by atoms with van der Waals surface area (Å²) in [5.41, 5.74) is 1.23. The van der Waals surface area contributed by atoms with Crippen molar-refractivity contribution in [2.24, 2.45) is 0 Å². The topological polar surface area (TPSA) is 60.5 Å². The number of methoxy groups -OCH3 is 2. The lowest BCUT2D eigenvalue weighted by Crippen LogP contribution is -2.27. The summed E-state index contributed by atoms with van der Waals surface area (Å²) in [5.74, 6) is 1.03. The zero-order valence-corrected chi connectivity index (χ0v) is 17.0. The Hall–Kier alpha value is -2.93. The predicted octanol–water partition coefficient (Wildman–Crippen LogP) is 4.56. The van der Waals surface area contributed by atoms with E-state index in [1.807, 2.05) is 24.3 Å². The Balaban J connectivity index is 1.46. The molecule has 29 heavy (non-hydrogen) atoms. The van der Waals surface area contributed by atoms with Crippen molar-refractivity contribution < 1.29 is 18.7 Å². The molecule has 0 saturated heterocycles. The SMILES string of the molecule is COc1ccc(C2(C(=O)Nc3ncc(Cc4cc(F)ccc4OC)s3)CC2)cc1. The van der Waals surface area contributed by atoms with Gasteiger partial charge in [-0.1, -0.05) is 12.1 Å². The van der Waals surface area contributed by atoms with Crippen molar-refractivity contribution in [1.82, 2.24) is 4.98 Å². The van der Waals surface area contributed by atoms with E-state index in [9.17, 15) is 9.18 Å². The molecule has 7 heteroatoms. The highest BCUT2D eigenvalue weighted by Crippen LogP contribution is 2.49. The number of hydrogen-bond donors (Lipinski definition) is 1. The van der Waals surface area contributed by atoms with Gasteiger partial charge in [0.05, 0.1) is 19.6 Å². The molecule has 1 N–H and O–H groups in total. The Kier molecular flexibility index (Phi) is 5.24. The van der Waals surface area contributed by atoms with Crippen LogP contribution >= 0.6 is 11.3 Å². The van der Waals surface area contributed by atoms with E-state index in [2.05, 4.69) is 10.3 Å². The first-order valence-corrected chi connectivity index (χ1v) is 10.1. The average Bonchev–Trinajstić information content (AvgIpc) is 3.44. The van der Waals surface area contributed by atoms with Crippen LogP contribution in [0.15, 0.2) is 48.7 Å². The zero-order chi connectivity index (χ0) is 20.4. The summed E-state index contributed by atoms with van der Waals surface area (Å²) in [4.78, 5) is 18.2. The Bertz CT molecular complexity index is 1030. The molecule has 3 aromatic rings. The molecule has 5 nitrogen and oxygen atoms in total. The van der Waals surface area contributed by atoms with E-state index in [0.717, 1.165) is 34.6 Å². The number of hydrogen-bond acceptors (Lipinski definition) is 5. The molecule has 4 rings (SSSR count). The van der Waals surface area contributed by atoms with E-state index in [4.69, 9.17) is 9.47 Å². The van der Waals surface area contributed by atoms with Crippen LogP contribution in [0.25, 0.3) is 0 Å². The van der Waals surface area contributed by atoms with Crippen molar-refractivity contribution in [2.45, 2.75) is 24.7 Å². The highest BCUT2D eigenvalue weighted by atomic mass is 32.1. The largest absolute Gasteiger partial charge is 0.497 e. The first-order chi connectivity index (χ1) is 14.0. The maximum absolute atomic E-state index is 13.6. The van der Waals surface area contributed by atoms with Crippen LogP contribution in [0.1, 0.15) is 28.8 Å². The van der Waals surface area contributed by atoms with Gasteiger partial charge in [0, 0.05) is 23.1 Å². The van der Waals surface area contributed by atoms with Crippen molar-refractivity contribution >= 4 is 22.4 Å². The molecular weight excluding hydrogens is 391 g/mol. The second kappa shape index (κ2) is 7.83. The van der Waals surface area contributed by atoms with E-state index in [-0.39, 0.29) is 11.7 Å². The molecule has 0 unspecified atom stereocenters. The number of nitrogens with one attached hydrogen (secondary N) is 1. The van der Waals surface area contributed by atoms with Crippen molar-refractivity contribution in [3.63, 3.8) is 0 Å². The van der Waals surface area contributed by atoms with Crippen molar-refractivity contribution in [2.75, 3.05) is 19.5 Å². The normalized spacial score (nSPS) is 14.3. The van der Waals surface area contributed by atoms with Gasteiger partial charge in [-0.05, 0) is 48.7 Å². The van der Waals surface area contributed by atoms with E-state index < -0.39 is 5.41 Å². The smallest absolute Gasteiger partial charge is 0.236 e. The summed E-state index contributed by atoms with van der Waals surface area (Å²) in [6.45, 7) is 0. The van der Waals surface area contributed by atoms with Crippen molar-refractivity contribution in [3.8, 4) is 11.5 Å². The molecule has 0 aliphatic heterocycles. The molecule has 0 atom stereocenters. The summed E-state index contributed by atoms with van der Waals surface area (Å²) in [6.07, 6.45) is 3.81. The zero-order valence-electron chi connectivity index (χ0n) is 16.2. The number of halogens is 1. The van der Waals surface area contributed by atoms with Crippen LogP contribution in [0.5, 0.6) is 11.5 Å². The number of thiazole rings is 1. The number of carbonyl (C=O) groups is 1. The molecule has 1 fully saturated rings. The van der Waals surface area contributed by atoms with Gasteiger partial charge in [-0.25, -0.2) is 9.37 Å². The summed E-state index contributed by atoms with van der Waals surface area (Å²) in [6, 6.07) is 12.1. The molecular formula is C22H21FN2O3S. The first-order valence-electron chi connectivity index (χ1n) is 9.27. The van der Waals surface area contributed by atoms with E-state index in [0.29, 0.717) is 17.3 Å².